The minimum Gasteiger partial charge on any atom is -0.454 e. The Morgan fingerprint density at radius 1 is 1.30 bits per heavy atom. The number of nitrogens with one attached hydrogen (secondary N) is 2. The Labute approximate surface area is 151 Å². The lowest BCUT2D eigenvalue weighted by molar-refractivity contribution is -0.141. The van der Waals surface area contributed by atoms with E-state index < -0.39 is 42.7 Å². The zero-order valence-corrected chi connectivity index (χ0v) is 14.2. The van der Waals surface area contributed by atoms with Gasteiger partial charge >= 0.3 is 12.2 Å². The van der Waals surface area contributed by atoms with Crippen LogP contribution in [-0.2, 0) is 16.0 Å². The number of ether oxygens (including phenoxy) is 2. The van der Waals surface area contributed by atoms with E-state index in [-0.39, 0.29) is 13.2 Å². The summed E-state index contributed by atoms with van der Waals surface area (Å²) in [6, 6.07) is 4.21. The van der Waals surface area contributed by atoms with Crippen molar-refractivity contribution in [2.24, 2.45) is 0 Å². The fraction of sp³-hybridized carbons (Fsp3) is 0.438. The molecular weight excluding hydrogens is 371 g/mol. The van der Waals surface area contributed by atoms with E-state index in [9.17, 15) is 27.6 Å². The van der Waals surface area contributed by atoms with Crippen LogP contribution in [0.4, 0.5) is 18.0 Å². The van der Waals surface area contributed by atoms with Gasteiger partial charge in [-0.05, 0) is 24.6 Å². The quantitative estimate of drug-likeness (QED) is 0.734. The predicted octanol–water partition coefficient (Wildman–Crippen LogP) is 0.947. The topological polar surface area (TPSA) is 97.0 Å². The number of rotatable bonds is 5. The number of carbonyl (C=O) groups excluding carboxylic acids is 3. The van der Waals surface area contributed by atoms with Gasteiger partial charge in [-0.1, -0.05) is 6.07 Å². The Balaban J connectivity index is 1.66. The van der Waals surface area contributed by atoms with Crippen molar-refractivity contribution in [1.29, 1.82) is 0 Å². The van der Waals surface area contributed by atoms with E-state index in [4.69, 9.17) is 9.47 Å². The first-order chi connectivity index (χ1) is 12.6. The first-order valence-electron chi connectivity index (χ1n) is 7.93. The molecule has 4 amide bonds. The first-order valence-corrected chi connectivity index (χ1v) is 7.93. The maximum absolute atomic E-state index is 12.6. The highest BCUT2D eigenvalue weighted by molar-refractivity contribution is 6.08. The van der Waals surface area contributed by atoms with Gasteiger partial charge in [-0.25, -0.2) is 4.79 Å². The third kappa shape index (κ3) is 4.07. The van der Waals surface area contributed by atoms with Crippen molar-refractivity contribution in [3.05, 3.63) is 23.8 Å². The molecule has 1 aromatic rings. The van der Waals surface area contributed by atoms with Gasteiger partial charge in [0.1, 0.15) is 18.6 Å². The Morgan fingerprint density at radius 3 is 2.70 bits per heavy atom. The molecule has 0 saturated carbocycles. The van der Waals surface area contributed by atoms with E-state index in [0.717, 1.165) is 0 Å². The van der Waals surface area contributed by atoms with Gasteiger partial charge in [-0.15, -0.1) is 0 Å². The van der Waals surface area contributed by atoms with Gasteiger partial charge in [0.2, 0.25) is 12.7 Å². The lowest BCUT2D eigenvalue weighted by atomic mass is 9.92. The Morgan fingerprint density at radius 2 is 2.00 bits per heavy atom. The number of amides is 4. The van der Waals surface area contributed by atoms with Crippen LogP contribution in [0.1, 0.15) is 12.5 Å². The van der Waals surface area contributed by atoms with E-state index in [0.29, 0.717) is 22.0 Å². The summed E-state index contributed by atoms with van der Waals surface area (Å²) in [7, 11) is 0. The van der Waals surface area contributed by atoms with Crippen molar-refractivity contribution in [3.63, 3.8) is 0 Å². The summed E-state index contributed by atoms with van der Waals surface area (Å²) in [5.41, 5.74) is -0.659. The van der Waals surface area contributed by atoms with Crippen LogP contribution in [0.2, 0.25) is 0 Å². The molecule has 27 heavy (non-hydrogen) atoms. The molecule has 2 aliphatic rings. The van der Waals surface area contributed by atoms with Crippen molar-refractivity contribution >= 4 is 17.8 Å². The molecule has 2 N–H and O–H groups in total. The fourth-order valence-corrected chi connectivity index (χ4v) is 2.87. The maximum atomic E-state index is 12.6. The molecule has 1 fully saturated rings. The Kier molecular flexibility index (Phi) is 4.62. The monoisotopic (exact) mass is 387 g/mol. The summed E-state index contributed by atoms with van der Waals surface area (Å²) < 4.78 is 46.9. The smallest absolute Gasteiger partial charge is 0.405 e. The number of nitrogens with zero attached hydrogens (tertiary/aromatic N) is 1. The highest BCUT2D eigenvalue weighted by atomic mass is 19.4. The lowest BCUT2D eigenvalue weighted by Gasteiger charge is -2.22. The van der Waals surface area contributed by atoms with Crippen molar-refractivity contribution in [2.75, 3.05) is 19.9 Å². The molecule has 1 atom stereocenters. The summed E-state index contributed by atoms with van der Waals surface area (Å²) in [5.74, 6) is -0.708. The molecule has 1 saturated heterocycles. The molecule has 0 aromatic heterocycles. The van der Waals surface area contributed by atoms with Crippen molar-refractivity contribution in [2.45, 2.75) is 25.1 Å². The molecule has 0 spiro atoms. The number of benzene rings is 1. The van der Waals surface area contributed by atoms with Crippen LogP contribution in [0.3, 0.4) is 0 Å². The zero-order valence-electron chi connectivity index (χ0n) is 14.2. The van der Waals surface area contributed by atoms with E-state index >= 15 is 0 Å². The Hall–Kier alpha value is -2.98. The predicted molar refractivity (Wildman–Crippen MR) is 84.0 cm³/mol. The SMILES string of the molecule is C[C@@]1(Cc2ccc3c(c2)OCO3)NC(=O)N(CC(=O)NCC(F)(F)F)C1=O. The largest absolute Gasteiger partial charge is 0.454 e. The summed E-state index contributed by atoms with van der Waals surface area (Å²) in [5, 5.41) is 4.11. The molecule has 1 aromatic carbocycles. The number of fused-ring (bicyclic) bond motifs is 1. The van der Waals surface area contributed by atoms with Crippen molar-refractivity contribution in [1.82, 2.24) is 15.5 Å². The number of carbonyl (C=O) groups is 3. The first kappa shape index (κ1) is 18.8. The molecule has 2 heterocycles. The van der Waals surface area contributed by atoms with Crippen LogP contribution in [0.15, 0.2) is 18.2 Å². The third-order valence-corrected chi connectivity index (χ3v) is 4.13. The van der Waals surface area contributed by atoms with Crippen LogP contribution >= 0.6 is 0 Å². The number of halogens is 3. The number of hydrogen-bond acceptors (Lipinski definition) is 5. The normalized spacial score (nSPS) is 21.4. The summed E-state index contributed by atoms with van der Waals surface area (Å²) >= 11 is 0. The fourth-order valence-electron chi connectivity index (χ4n) is 2.87. The molecule has 3 rings (SSSR count). The zero-order chi connectivity index (χ0) is 19.8. The highest BCUT2D eigenvalue weighted by Gasteiger charge is 2.48. The number of urea groups is 1. The standard InChI is InChI=1S/C16H16F3N3O5/c1-15(5-9-2-3-10-11(4-9)27-8-26-10)13(24)22(14(25)21-15)6-12(23)20-7-16(17,18)19/h2-4H,5-8H2,1H3,(H,20,23)(H,21,25)/t15-/m0/s1. The van der Waals surface area contributed by atoms with E-state index in [2.05, 4.69) is 5.32 Å². The van der Waals surface area contributed by atoms with Gasteiger partial charge in [-0.2, -0.15) is 13.2 Å². The van der Waals surface area contributed by atoms with E-state index in [1.165, 1.54) is 6.92 Å². The minimum absolute atomic E-state index is 0.0898. The maximum Gasteiger partial charge on any atom is 0.405 e. The molecule has 8 nitrogen and oxygen atoms in total. The average Bonchev–Trinajstić information content (AvgIpc) is 3.10. The molecule has 0 radical (unpaired) electrons. The molecule has 0 unspecified atom stereocenters. The average molecular weight is 387 g/mol. The van der Waals surface area contributed by atoms with Gasteiger partial charge < -0.3 is 20.1 Å². The molecule has 0 bridgehead atoms. The van der Waals surface area contributed by atoms with Crippen LogP contribution in [0.5, 0.6) is 11.5 Å². The number of hydrogen-bond donors (Lipinski definition) is 2. The second-order valence-corrected chi connectivity index (χ2v) is 6.41. The van der Waals surface area contributed by atoms with Crippen LogP contribution in [0, 0.1) is 0 Å². The van der Waals surface area contributed by atoms with Crippen molar-refractivity contribution < 1.29 is 37.0 Å². The van der Waals surface area contributed by atoms with Crippen molar-refractivity contribution in [3.8, 4) is 11.5 Å². The third-order valence-electron chi connectivity index (χ3n) is 4.13. The number of imide groups is 1. The summed E-state index contributed by atoms with van der Waals surface area (Å²) in [6.07, 6.45) is -4.48. The summed E-state index contributed by atoms with van der Waals surface area (Å²) in [4.78, 5) is 36.9. The minimum atomic E-state index is -4.58. The summed E-state index contributed by atoms with van der Waals surface area (Å²) in [6.45, 7) is -0.764. The lowest BCUT2D eigenvalue weighted by Crippen LogP contribution is -2.47. The Bertz CT molecular complexity index is 798. The molecule has 0 aliphatic carbocycles. The van der Waals surface area contributed by atoms with Gasteiger partial charge in [-0.3, -0.25) is 14.5 Å². The molecular formula is C16H16F3N3O5. The van der Waals surface area contributed by atoms with E-state index in [1.807, 2.05) is 0 Å². The van der Waals surface area contributed by atoms with Gasteiger partial charge in [0.05, 0.1) is 0 Å². The highest BCUT2D eigenvalue weighted by Crippen LogP contribution is 2.34. The van der Waals surface area contributed by atoms with Crippen LogP contribution < -0.4 is 20.1 Å². The number of alkyl halides is 3. The van der Waals surface area contributed by atoms with Crippen LogP contribution in [0.25, 0.3) is 0 Å². The second-order valence-electron chi connectivity index (χ2n) is 6.41. The van der Waals surface area contributed by atoms with Gasteiger partial charge in [0.25, 0.3) is 5.91 Å². The van der Waals surface area contributed by atoms with Crippen LogP contribution in [-0.4, -0.2) is 54.3 Å². The van der Waals surface area contributed by atoms with E-state index in [1.54, 1.807) is 23.5 Å². The molecule has 146 valence electrons. The molecule has 11 heteroatoms. The molecule has 2 aliphatic heterocycles. The second kappa shape index (κ2) is 6.63. The van der Waals surface area contributed by atoms with Gasteiger partial charge in [0.15, 0.2) is 11.5 Å². The van der Waals surface area contributed by atoms with Gasteiger partial charge in [0, 0.05) is 6.42 Å².